The molecule has 160 valence electrons. The molecule has 0 saturated heterocycles. The Hall–Kier alpha value is -3.37. The summed E-state index contributed by atoms with van der Waals surface area (Å²) in [5.41, 5.74) is 2.26. The lowest BCUT2D eigenvalue weighted by Gasteiger charge is -2.09. The fourth-order valence-corrected chi connectivity index (χ4v) is 3.70. The molecule has 0 unspecified atom stereocenters. The molecule has 0 radical (unpaired) electrons. The Morgan fingerprint density at radius 2 is 2.13 bits per heavy atom. The number of aromatic nitrogens is 4. The van der Waals surface area contributed by atoms with E-state index >= 15 is 0 Å². The second-order valence-corrected chi connectivity index (χ2v) is 7.56. The number of benzene rings is 1. The summed E-state index contributed by atoms with van der Waals surface area (Å²) < 4.78 is 17.8. The van der Waals surface area contributed by atoms with Crippen LogP contribution in [-0.4, -0.2) is 45.9 Å². The molecule has 0 bridgehead atoms. The minimum Gasteiger partial charge on any atom is -0.461 e. The van der Waals surface area contributed by atoms with E-state index < -0.39 is 0 Å². The quantitative estimate of drug-likeness (QED) is 0.312. The Morgan fingerprint density at radius 1 is 1.23 bits per heavy atom. The minimum absolute atomic E-state index is 0.225. The number of amides is 1. The number of nitrogens with one attached hydrogen (secondary N) is 1. The lowest BCUT2D eigenvalue weighted by Crippen LogP contribution is -2.27. The molecule has 4 rings (SSSR count). The molecule has 0 fully saturated rings. The summed E-state index contributed by atoms with van der Waals surface area (Å²) >= 11 is 1.41. The third kappa shape index (κ3) is 4.86. The maximum Gasteiger partial charge on any atom is 0.273 e. The highest BCUT2D eigenvalue weighted by molar-refractivity contribution is 7.98. The Bertz CT molecular complexity index is 1150. The average molecular weight is 439 g/mol. The van der Waals surface area contributed by atoms with Crippen LogP contribution in [0.2, 0.25) is 0 Å². The van der Waals surface area contributed by atoms with Gasteiger partial charge in [-0.15, -0.1) is 10.2 Å². The van der Waals surface area contributed by atoms with Crippen molar-refractivity contribution in [3.63, 3.8) is 0 Å². The van der Waals surface area contributed by atoms with Gasteiger partial charge in [-0.1, -0.05) is 23.9 Å². The van der Waals surface area contributed by atoms with Crippen molar-refractivity contribution >= 4 is 17.7 Å². The first-order valence-corrected chi connectivity index (χ1v) is 10.5. The molecular formula is C21H21N5O4S. The predicted molar refractivity (Wildman–Crippen MR) is 114 cm³/mol. The van der Waals surface area contributed by atoms with Gasteiger partial charge in [-0.25, -0.2) is 4.98 Å². The average Bonchev–Trinajstić information content (AvgIpc) is 3.52. The number of hydrogen-bond donors (Lipinski definition) is 1. The van der Waals surface area contributed by atoms with Gasteiger partial charge in [0.1, 0.15) is 6.26 Å². The molecule has 1 N–H and O–H groups in total. The topological polar surface area (TPSA) is 108 Å². The number of methoxy groups -OCH3 is 1. The molecule has 1 amide bonds. The summed E-state index contributed by atoms with van der Waals surface area (Å²) in [7, 11) is 1.57. The van der Waals surface area contributed by atoms with Gasteiger partial charge in [0, 0.05) is 13.7 Å². The number of ether oxygens (including phenoxy) is 1. The molecule has 0 spiro atoms. The highest BCUT2D eigenvalue weighted by Crippen LogP contribution is 2.30. The summed E-state index contributed by atoms with van der Waals surface area (Å²) in [4.78, 5) is 16.3. The highest BCUT2D eigenvalue weighted by Gasteiger charge is 2.19. The van der Waals surface area contributed by atoms with E-state index in [0.29, 0.717) is 41.5 Å². The van der Waals surface area contributed by atoms with Crippen molar-refractivity contribution in [3.05, 3.63) is 66.1 Å². The molecule has 0 saturated carbocycles. The van der Waals surface area contributed by atoms with E-state index in [-0.39, 0.29) is 11.6 Å². The van der Waals surface area contributed by atoms with Crippen LogP contribution in [0.3, 0.4) is 0 Å². The summed E-state index contributed by atoms with van der Waals surface area (Å²) in [6, 6.07) is 11.7. The van der Waals surface area contributed by atoms with Gasteiger partial charge in [-0.05, 0) is 36.8 Å². The normalized spacial score (nSPS) is 11.0. The summed E-state index contributed by atoms with van der Waals surface area (Å²) in [6.07, 6.45) is 2.95. The molecule has 0 aliphatic carbocycles. The first-order chi connectivity index (χ1) is 15.2. The lowest BCUT2D eigenvalue weighted by molar-refractivity contribution is 0.0932. The number of oxazole rings is 1. The van der Waals surface area contributed by atoms with Gasteiger partial charge >= 0.3 is 0 Å². The van der Waals surface area contributed by atoms with Gasteiger partial charge in [0.05, 0.1) is 24.3 Å². The van der Waals surface area contributed by atoms with Crippen LogP contribution in [-0.2, 0) is 10.5 Å². The molecule has 0 aliphatic heterocycles. The molecule has 1 aromatic carbocycles. The lowest BCUT2D eigenvalue weighted by atomic mass is 10.2. The molecule has 10 heteroatoms. The zero-order valence-corrected chi connectivity index (χ0v) is 17.9. The zero-order chi connectivity index (χ0) is 21.6. The third-order valence-corrected chi connectivity index (χ3v) is 5.25. The van der Waals surface area contributed by atoms with E-state index in [1.54, 1.807) is 13.4 Å². The number of aryl methyl sites for hydroxylation is 1. The second-order valence-electron chi connectivity index (χ2n) is 6.62. The van der Waals surface area contributed by atoms with Crippen LogP contribution in [0.15, 0.2) is 62.9 Å². The van der Waals surface area contributed by atoms with Crippen LogP contribution < -0.4 is 5.32 Å². The monoisotopic (exact) mass is 439 g/mol. The fourth-order valence-electron chi connectivity index (χ4n) is 2.89. The van der Waals surface area contributed by atoms with E-state index in [1.807, 2.05) is 47.9 Å². The van der Waals surface area contributed by atoms with E-state index in [0.717, 1.165) is 11.3 Å². The number of hydrogen-bond acceptors (Lipinski definition) is 8. The smallest absolute Gasteiger partial charge is 0.273 e. The van der Waals surface area contributed by atoms with Crippen molar-refractivity contribution in [1.82, 2.24) is 25.1 Å². The first kappa shape index (κ1) is 20.9. The third-order valence-electron chi connectivity index (χ3n) is 4.34. The van der Waals surface area contributed by atoms with E-state index in [4.69, 9.17) is 13.6 Å². The predicted octanol–water partition coefficient (Wildman–Crippen LogP) is 3.49. The molecule has 3 aromatic heterocycles. The molecule has 0 atom stereocenters. The van der Waals surface area contributed by atoms with Gasteiger partial charge in [0.15, 0.2) is 16.6 Å². The van der Waals surface area contributed by atoms with Gasteiger partial charge in [-0.3, -0.25) is 9.36 Å². The Morgan fingerprint density at radius 3 is 2.90 bits per heavy atom. The summed E-state index contributed by atoms with van der Waals surface area (Å²) in [5, 5.41) is 12.0. The Labute approximate surface area is 182 Å². The molecule has 31 heavy (non-hydrogen) atoms. The number of nitrogens with zero attached hydrogens (tertiary/aromatic N) is 4. The standard InChI is InChI=1S/C21H21N5O4S/c1-14-5-3-6-15(11-14)26-19(17-7-4-9-29-17)24-25-21(26)31-13-18-23-16(12-30-18)20(27)22-8-10-28-2/h3-7,9,11-12H,8,10,13H2,1-2H3,(H,22,27). The van der Waals surface area contributed by atoms with Crippen LogP contribution in [0.4, 0.5) is 0 Å². The van der Waals surface area contributed by atoms with Gasteiger partial charge in [0.2, 0.25) is 11.7 Å². The number of carbonyl (C=O) groups is 1. The van der Waals surface area contributed by atoms with Crippen molar-refractivity contribution in [2.24, 2.45) is 0 Å². The number of thioether (sulfide) groups is 1. The number of furan rings is 1. The fraction of sp³-hybridized carbons (Fsp3) is 0.238. The van der Waals surface area contributed by atoms with Gasteiger partial charge in [0.25, 0.3) is 5.91 Å². The van der Waals surface area contributed by atoms with Gasteiger partial charge in [-0.2, -0.15) is 0 Å². The molecule has 9 nitrogen and oxygen atoms in total. The van der Waals surface area contributed by atoms with Crippen LogP contribution in [0.1, 0.15) is 21.9 Å². The minimum atomic E-state index is -0.305. The van der Waals surface area contributed by atoms with Crippen molar-refractivity contribution in [3.8, 4) is 17.3 Å². The SMILES string of the molecule is COCCNC(=O)c1coc(CSc2nnc(-c3ccco3)n2-c2cccc(C)c2)n1. The largest absolute Gasteiger partial charge is 0.461 e. The van der Waals surface area contributed by atoms with Crippen molar-refractivity contribution in [1.29, 1.82) is 0 Å². The van der Waals surface area contributed by atoms with Gasteiger partial charge < -0.3 is 18.9 Å². The zero-order valence-electron chi connectivity index (χ0n) is 17.1. The van der Waals surface area contributed by atoms with Crippen LogP contribution in [0.5, 0.6) is 0 Å². The van der Waals surface area contributed by atoms with Crippen molar-refractivity contribution in [2.75, 3.05) is 20.3 Å². The van der Waals surface area contributed by atoms with Crippen LogP contribution >= 0.6 is 11.8 Å². The number of carbonyl (C=O) groups excluding carboxylic acids is 1. The van der Waals surface area contributed by atoms with Crippen LogP contribution in [0, 0.1) is 6.92 Å². The van der Waals surface area contributed by atoms with E-state index in [1.165, 1.54) is 18.0 Å². The van der Waals surface area contributed by atoms with Crippen molar-refractivity contribution in [2.45, 2.75) is 17.8 Å². The highest BCUT2D eigenvalue weighted by atomic mass is 32.2. The maximum absolute atomic E-state index is 12.1. The molecule has 0 aliphatic rings. The second kappa shape index (κ2) is 9.63. The molecule has 3 heterocycles. The van der Waals surface area contributed by atoms with Crippen molar-refractivity contribution < 1.29 is 18.4 Å². The summed E-state index contributed by atoms with van der Waals surface area (Å²) in [6.45, 7) is 2.86. The Kier molecular flexibility index (Phi) is 6.48. The van der Waals surface area contributed by atoms with E-state index in [9.17, 15) is 4.79 Å². The first-order valence-electron chi connectivity index (χ1n) is 9.56. The molecule has 4 aromatic rings. The number of rotatable bonds is 9. The maximum atomic E-state index is 12.1. The van der Waals surface area contributed by atoms with Crippen LogP contribution in [0.25, 0.3) is 17.3 Å². The van der Waals surface area contributed by atoms with E-state index in [2.05, 4.69) is 20.5 Å². The summed E-state index contributed by atoms with van der Waals surface area (Å²) in [5.74, 6) is 1.71. The molecular weight excluding hydrogens is 418 g/mol. The Balaban J connectivity index is 1.54.